The zero-order valence-corrected chi connectivity index (χ0v) is 10.3. The molecule has 0 saturated carbocycles. The monoisotopic (exact) mass is 238 g/mol. The van der Waals surface area contributed by atoms with Crippen molar-refractivity contribution < 1.29 is 23.5 Å². The summed E-state index contributed by atoms with van der Waals surface area (Å²) < 4.78 is 22.4. The van der Waals surface area contributed by atoms with Crippen molar-refractivity contribution in [2.24, 2.45) is 0 Å². The molecule has 0 spiro atoms. The summed E-state index contributed by atoms with van der Waals surface area (Å²) in [5, 5.41) is 8.68. The van der Waals surface area contributed by atoms with E-state index in [2.05, 4.69) is 0 Å². The van der Waals surface area contributed by atoms with Crippen LogP contribution >= 0.6 is 7.60 Å². The fraction of sp³-hybridized carbons (Fsp3) is 0.889. The molecule has 90 valence electrons. The molecule has 0 fully saturated rings. The summed E-state index contributed by atoms with van der Waals surface area (Å²) >= 11 is 0. The normalized spacial score (nSPS) is 13.8. The number of hydrogen-bond donors (Lipinski definition) is 1. The molecule has 0 radical (unpaired) electrons. The standard InChI is InChI=1S/C9H19O5P/c1-4-8(7-9(10)11)15(12,13-5-2)14-6-3/h8H,4-7H2,1-3H3,(H,10,11). The van der Waals surface area contributed by atoms with E-state index in [4.69, 9.17) is 14.2 Å². The van der Waals surface area contributed by atoms with Gasteiger partial charge in [0.1, 0.15) is 0 Å². The van der Waals surface area contributed by atoms with Crippen LogP contribution in [0.1, 0.15) is 33.6 Å². The van der Waals surface area contributed by atoms with Crippen LogP contribution in [0, 0.1) is 0 Å². The zero-order chi connectivity index (χ0) is 11.9. The molecule has 0 aromatic heterocycles. The van der Waals surface area contributed by atoms with Gasteiger partial charge < -0.3 is 14.2 Å². The summed E-state index contributed by atoms with van der Waals surface area (Å²) in [5.74, 6) is -0.985. The molecule has 1 N–H and O–H groups in total. The first-order valence-corrected chi connectivity index (χ1v) is 6.71. The van der Waals surface area contributed by atoms with Crippen molar-refractivity contribution >= 4 is 13.6 Å². The third-order valence-electron chi connectivity index (χ3n) is 1.95. The maximum absolute atomic E-state index is 12.2. The largest absolute Gasteiger partial charge is 0.481 e. The molecule has 0 bridgehead atoms. The van der Waals surface area contributed by atoms with Crippen molar-refractivity contribution in [3.05, 3.63) is 0 Å². The van der Waals surface area contributed by atoms with E-state index in [1.54, 1.807) is 20.8 Å². The van der Waals surface area contributed by atoms with Gasteiger partial charge >= 0.3 is 13.6 Å². The van der Waals surface area contributed by atoms with Crippen molar-refractivity contribution in [3.8, 4) is 0 Å². The summed E-state index contributed by atoms with van der Waals surface area (Å²) in [6.45, 7) is 5.71. The number of carbonyl (C=O) groups is 1. The van der Waals surface area contributed by atoms with Crippen molar-refractivity contribution in [2.75, 3.05) is 13.2 Å². The molecule has 1 unspecified atom stereocenters. The molecular weight excluding hydrogens is 219 g/mol. The molecule has 0 aliphatic heterocycles. The number of aliphatic carboxylic acids is 1. The number of hydrogen-bond acceptors (Lipinski definition) is 4. The van der Waals surface area contributed by atoms with E-state index in [9.17, 15) is 9.36 Å². The lowest BCUT2D eigenvalue weighted by Crippen LogP contribution is -2.16. The smallest absolute Gasteiger partial charge is 0.334 e. The molecule has 1 atom stereocenters. The Hall–Kier alpha value is -0.380. The average Bonchev–Trinajstić information content (AvgIpc) is 2.14. The first kappa shape index (κ1) is 14.6. The Morgan fingerprint density at radius 1 is 1.27 bits per heavy atom. The highest BCUT2D eigenvalue weighted by molar-refractivity contribution is 7.54. The third kappa shape index (κ3) is 4.78. The predicted octanol–water partition coefficient (Wildman–Crippen LogP) is 2.51. The van der Waals surface area contributed by atoms with Crippen LogP contribution in [-0.4, -0.2) is 29.9 Å². The first-order valence-electron chi connectivity index (χ1n) is 5.10. The Bertz CT molecular complexity index is 231. The summed E-state index contributed by atoms with van der Waals surface area (Å²) in [4.78, 5) is 10.6. The Balaban J connectivity index is 4.68. The fourth-order valence-corrected chi connectivity index (χ4v) is 3.33. The Kier molecular flexibility index (Phi) is 6.81. The lowest BCUT2D eigenvalue weighted by molar-refractivity contribution is -0.137. The van der Waals surface area contributed by atoms with Crippen molar-refractivity contribution in [1.82, 2.24) is 0 Å². The SMILES string of the molecule is CCOP(=O)(OCC)C(CC)CC(=O)O. The quantitative estimate of drug-likeness (QED) is 0.658. The molecular formula is C9H19O5P. The van der Waals surface area contributed by atoms with E-state index in [-0.39, 0.29) is 19.6 Å². The molecule has 0 heterocycles. The average molecular weight is 238 g/mol. The third-order valence-corrected chi connectivity index (χ3v) is 4.63. The van der Waals surface area contributed by atoms with Gasteiger partial charge in [0.05, 0.1) is 25.3 Å². The van der Waals surface area contributed by atoms with Gasteiger partial charge in [0, 0.05) is 0 Å². The Morgan fingerprint density at radius 3 is 2.00 bits per heavy atom. The number of rotatable bonds is 8. The van der Waals surface area contributed by atoms with E-state index in [0.717, 1.165) is 0 Å². The molecule has 0 aliphatic rings. The molecule has 6 heteroatoms. The minimum atomic E-state index is -3.26. The van der Waals surface area contributed by atoms with Gasteiger partial charge in [-0.05, 0) is 20.3 Å². The van der Waals surface area contributed by atoms with Crippen molar-refractivity contribution in [1.29, 1.82) is 0 Å². The second-order valence-electron chi connectivity index (χ2n) is 3.04. The summed E-state index contributed by atoms with van der Waals surface area (Å²) in [6.07, 6.45) is 0.275. The molecule has 0 aromatic carbocycles. The van der Waals surface area contributed by atoms with E-state index < -0.39 is 19.2 Å². The van der Waals surface area contributed by atoms with Crippen LogP contribution in [0.2, 0.25) is 0 Å². The summed E-state index contributed by atoms with van der Waals surface area (Å²) in [6, 6.07) is 0. The topological polar surface area (TPSA) is 72.8 Å². The Morgan fingerprint density at radius 2 is 1.73 bits per heavy atom. The highest BCUT2D eigenvalue weighted by Crippen LogP contribution is 2.55. The molecule has 0 rings (SSSR count). The fourth-order valence-electron chi connectivity index (χ4n) is 1.29. The van der Waals surface area contributed by atoms with Gasteiger partial charge in [-0.15, -0.1) is 0 Å². The van der Waals surface area contributed by atoms with Gasteiger partial charge in [-0.25, -0.2) is 0 Å². The van der Waals surface area contributed by atoms with E-state index in [1.165, 1.54) is 0 Å². The molecule has 0 saturated heterocycles. The van der Waals surface area contributed by atoms with Crippen LogP contribution < -0.4 is 0 Å². The number of carboxylic acids is 1. The van der Waals surface area contributed by atoms with Crippen LogP contribution in [0.5, 0.6) is 0 Å². The van der Waals surface area contributed by atoms with Crippen molar-refractivity contribution in [3.63, 3.8) is 0 Å². The van der Waals surface area contributed by atoms with Gasteiger partial charge in [0.15, 0.2) is 0 Å². The molecule has 5 nitrogen and oxygen atoms in total. The predicted molar refractivity (Wildman–Crippen MR) is 57.2 cm³/mol. The minimum absolute atomic E-state index is 0.187. The Labute approximate surface area is 90.3 Å². The number of carboxylic acid groups (broad SMARTS) is 1. The molecule has 0 aromatic rings. The summed E-state index contributed by atoms with van der Waals surface area (Å²) in [7, 11) is -3.26. The van der Waals surface area contributed by atoms with Crippen LogP contribution in [-0.2, 0) is 18.4 Å². The second kappa shape index (κ2) is 6.99. The van der Waals surface area contributed by atoms with Crippen molar-refractivity contribution in [2.45, 2.75) is 39.3 Å². The molecule has 15 heavy (non-hydrogen) atoms. The first-order chi connectivity index (χ1) is 7.00. The zero-order valence-electron chi connectivity index (χ0n) is 9.43. The molecule has 0 amide bonds. The second-order valence-corrected chi connectivity index (χ2v) is 5.36. The lowest BCUT2D eigenvalue weighted by atomic mass is 10.2. The van der Waals surface area contributed by atoms with E-state index in [1.807, 2.05) is 0 Å². The maximum Gasteiger partial charge on any atom is 0.334 e. The maximum atomic E-state index is 12.2. The lowest BCUT2D eigenvalue weighted by Gasteiger charge is -2.24. The van der Waals surface area contributed by atoms with Crippen LogP contribution in [0.3, 0.4) is 0 Å². The van der Waals surface area contributed by atoms with Gasteiger partial charge in [0.25, 0.3) is 0 Å². The van der Waals surface area contributed by atoms with Gasteiger partial charge in [-0.3, -0.25) is 9.36 Å². The van der Waals surface area contributed by atoms with Gasteiger partial charge in [-0.2, -0.15) is 0 Å². The van der Waals surface area contributed by atoms with Crippen LogP contribution in [0.25, 0.3) is 0 Å². The highest BCUT2D eigenvalue weighted by Gasteiger charge is 2.35. The molecule has 0 aliphatic carbocycles. The van der Waals surface area contributed by atoms with Gasteiger partial charge in [0.2, 0.25) is 0 Å². The summed E-state index contributed by atoms with van der Waals surface area (Å²) in [5.41, 5.74) is -0.560. The van der Waals surface area contributed by atoms with E-state index >= 15 is 0 Å². The van der Waals surface area contributed by atoms with E-state index in [0.29, 0.717) is 6.42 Å². The highest BCUT2D eigenvalue weighted by atomic mass is 31.2. The van der Waals surface area contributed by atoms with Crippen LogP contribution in [0.4, 0.5) is 0 Å². The minimum Gasteiger partial charge on any atom is -0.481 e. The van der Waals surface area contributed by atoms with Crippen LogP contribution in [0.15, 0.2) is 0 Å². The van der Waals surface area contributed by atoms with Gasteiger partial charge in [-0.1, -0.05) is 6.92 Å².